The Morgan fingerprint density at radius 3 is 2.47 bits per heavy atom. The van der Waals surface area contributed by atoms with Crippen molar-refractivity contribution >= 4 is 12.0 Å². The van der Waals surface area contributed by atoms with Gasteiger partial charge in [0.2, 0.25) is 0 Å². The summed E-state index contributed by atoms with van der Waals surface area (Å²) < 4.78 is 5.28. The van der Waals surface area contributed by atoms with Crippen LogP contribution in [0.5, 0.6) is 0 Å². The van der Waals surface area contributed by atoms with Crippen molar-refractivity contribution < 1.29 is 19.4 Å². The monoisotopic (exact) mass is 272 g/mol. The first-order valence-corrected chi connectivity index (χ1v) is 6.92. The SMILES string of the molecule is CCC[C@H](NC(=O)NC(C)C1CCOCC1)C(=O)O. The Hall–Kier alpha value is -1.30. The highest BCUT2D eigenvalue weighted by molar-refractivity contribution is 5.82. The van der Waals surface area contributed by atoms with E-state index < -0.39 is 18.0 Å². The minimum atomic E-state index is -0.990. The van der Waals surface area contributed by atoms with Gasteiger partial charge >= 0.3 is 12.0 Å². The Bertz CT molecular complexity index is 303. The summed E-state index contributed by atoms with van der Waals surface area (Å²) in [4.78, 5) is 22.7. The van der Waals surface area contributed by atoms with Crippen molar-refractivity contribution in [2.45, 2.75) is 51.6 Å². The van der Waals surface area contributed by atoms with Gasteiger partial charge < -0.3 is 20.5 Å². The Kier molecular flexibility index (Phi) is 6.62. The molecule has 110 valence electrons. The van der Waals surface area contributed by atoms with Gasteiger partial charge in [-0.3, -0.25) is 0 Å². The molecule has 1 unspecified atom stereocenters. The van der Waals surface area contributed by atoms with Crippen molar-refractivity contribution in [1.29, 1.82) is 0 Å². The smallest absolute Gasteiger partial charge is 0.326 e. The summed E-state index contributed by atoms with van der Waals surface area (Å²) >= 11 is 0. The van der Waals surface area contributed by atoms with Gasteiger partial charge in [0, 0.05) is 19.3 Å². The number of nitrogens with one attached hydrogen (secondary N) is 2. The fraction of sp³-hybridized carbons (Fsp3) is 0.846. The zero-order chi connectivity index (χ0) is 14.3. The Morgan fingerprint density at radius 1 is 1.32 bits per heavy atom. The largest absolute Gasteiger partial charge is 0.480 e. The van der Waals surface area contributed by atoms with Crippen LogP contribution in [0.1, 0.15) is 39.5 Å². The highest BCUT2D eigenvalue weighted by atomic mass is 16.5. The highest BCUT2D eigenvalue weighted by Gasteiger charge is 2.24. The second kappa shape index (κ2) is 7.99. The van der Waals surface area contributed by atoms with E-state index in [2.05, 4.69) is 10.6 Å². The predicted octanol–water partition coefficient (Wildman–Crippen LogP) is 1.35. The van der Waals surface area contributed by atoms with Crippen molar-refractivity contribution in [1.82, 2.24) is 10.6 Å². The van der Waals surface area contributed by atoms with Gasteiger partial charge in [0.25, 0.3) is 0 Å². The second-order valence-corrected chi connectivity index (χ2v) is 5.04. The number of hydrogen-bond acceptors (Lipinski definition) is 3. The van der Waals surface area contributed by atoms with Crippen molar-refractivity contribution in [2.75, 3.05) is 13.2 Å². The van der Waals surface area contributed by atoms with Crippen LogP contribution in [0.15, 0.2) is 0 Å². The number of amides is 2. The lowest BCUT2D eigenvalue weighted by Gasteiger charge is -2.28. The molecule has 6 heteroatoms. The fourth-order valence-electron chi connectivity index (χ4n) is 2.29. The third-order valence-electron chi connectivity index (χ3n) is 3.51. The number of carboxylic acid groups (broad SMARTS) is 1. The summed E-state index contributed by atoms with van der Waals surface area (Å²) in [6.07, 6.45) is 3.01. The highest BCUT2D eigenvalue weighted by Crippen LogP contribution is 2.18. The summed E-state index contributed by atoms with van der Waals surface area (Å²) in [6.45, 7) is 5.29. The van der Waals surface area contributed by atoms with Crippen LogP contribution in [0, 0.1) is 5.92 Å². The molecule has 0 spiro atoms. The molecule has 19 heavy (non-hydrogen) atoms. The molecule has 0 aromatic rings. The molecule has 1 fully saturated rings. The molecule has 1 rings (SSSR count). The van der Waals surface area contributed by atoms with Gasteiger partial charge in [0.15, 0.2) is 0 Å². The van der Waals surface area contributed by atoms with Crippen LogP contribution in [-0.4, -0.2) is 42.4 Å². The van der Waals surface area contributed by atoms with Crippen LogP contribution >= 0.6 is 0 Å². The number of carboxylic acids is 1. The Labute approximate surface area is 113 Å². The zero-order valence-electron chi connectivity index (χ0n) is 11.6. The number of aliphatic carboxylic acids is 1. The minimum Gasteiger partial charge on any atom is -0.480 e. The molecule has 3 N–H and O–H groups in total. The van der Waals surface area contributed by atoms with Gasteiger partial charge in [-0.05, 0) is 32.1 Å². The zero-order valence-corrected chi connectivity index (χ0v) is 11.6. The topological polar surface area (TPSA) is 87.7 Å². The Balaban J connectivity index is 2.38. The molecule has 0 saturated carbocycles. The summed E-state index contributed by atoms with van der Waals surface area (Å²) in [7, 11) is 0. The van der Waals surface area contributed by atoms with Crippen molar-refractivity contribution in [2.24, 2.45) is 5.92 Å². The van der Waals surface area contributed by atoms with Gasteiger partial charge in [-0.1, -0.05) is 13.3 Å². The van der Waals surface area contributed by atoms with E-state index in [1.54, 1.807) is 0 Å². The van der Waals surface area contributed by atoms with Crippen molar-refractivity contribution in [3.8, 4) is 0 Å². The molecule has 0 bridgehead atoms. The summed E-state index contributed by atoms with van der Waals surface area (Å²) in [5.74, 6) is -0.593. The summed E-state index contributed by atoms with van der Waals surface area (Å²) in [5.41, 5.74) is 0. The van der Waals surface area contributed by atoms with Crippen LogP contribution in [-0.2, 0) is 9.53 Å². The molecule has 0 aliphatic carbocycles. The van der Waals surface area contributed by atoms with Crippen LogP contribution < -0.4 is 10.6 Å². The molecule has 6 nitrogen and oxygen atoms in total. The number of hydrogen-bond donors (Lipinski definition) is 3. The van der Waals surface area contributed by atoms with Gasteiger partial charge in [-0.2, -0.15) is 0 Å². The van der Waals surface area contributed by atoms with Crippen LogP contribution in [0.2, 0.25) is 0 Å². The minimum absolute atomic E-state index is 0.0278. The predicted molar refractivity (Wildman–Crippen MR) is 71.0 cm³/mol. The van der Waals surface area contributed by atoms with Gasteiger partial charge in [-0.15, -0.1) is 0 Å². The van der Waals surface area contributed by atoms with E-state index in [0.717, 1.165) is 26.1 Å². The average Bonchev–Trinajstić information content (AvgIpc) is 2.39. The van der Waals surface area contributed by atoms with E-state index in [-0.39, 0.29) is 6.04 Å². The first kappa shape index (κ1) is 15.8. The van der Waals surface area contributed by atoms with Crippen LogP contribution in [0.25, 0.3) is 0 Å². The normalized spacial score (nSPS) is 19.5. The van der Waals surface area contributed by atoms with E-state index in [4.69, 9.17) is 9.84 Å². The van der Waals surface area contributed by atoms with E-state index in [1.165, 1.54) is 0 Å². The first-order valence-electron chi connectivity index (χ1n) is 6.92. The number of carbonyl (C=O) groups is 2. The molecule has 1 heterocycles. The quantitative estimate of drug-likeness (QED) is 0.681. The molecule has 1 saturated heterocycles. The second-order valence-electron chi connectivity index (χ2n) is 5.04. The van der Waals surface area contributed by atoms with Crippen molar-refractivity contribution in [3.63, 3.8) is 0 Å². The maximum Gasteiger partial charge on any atom is 0.326 e. The van der Waals surface area contributed by atoms with E-state index in [0.29, 0.717) is 18.8 Å². The van der Waals surface area contributed by atoms with Crippen LogP contribution in [0.3, 0.4) is 0 Å². The third kappa shape index (κ3) is 5.46. The standard InChI is InChI=1S/C13H24N2O4/c1-3-4-11(12(16)17)15-13(18)14-9(2)10-5-7-19-8-6-10/h9-11H,3-8H2,1-2H3,(H,16,17)(H2,14,15,18)/t9?,11-/m0/s1. The average molecular weight is 272 g/mol. The van der Waals surface area contributed by atoms with E-state index in [9.17, 15) is 9.59 Å². The number of urea groups is 1. The molecule has 1 aliphatic heterocycles. The van der Waals surface area contributed by atoms with Gasteiger partial charge in [0.1, 0.15) is 6.04 Å². The molecule has 2 atom stereocenters. The maximum atomic E-state index is 11.8. The molecule has 0 aromatic heterocycles. The number of rotatable bonds is 6. The molecular formula is C13H24N2O4. The molecular weight excluding hydrogens is 248 g/mol. The first-order chi connectivity index (χ1) is 9.04. The van der Waals surface area contributed by atoms with Gasteiger partial charge in [0.05, 0.1) is 0 Å². The number of carbonyl (C=O) groups excluding carboxylic acids is 1. The molecule has 0 aromatic carbocycles. The van der Waals surface area contributed by atoms with E-state index in [1.807, 2.05) is 13.8 Å². The van der Waals surface area contributed by atoms with Crippen LogP contribution in [0.4, 0.5) is 4.79 Å². The van der Waals surface area contributed by atoms with Gasteiger partial charge in [-0.25, -0.2) is 9.59 Å². The summed E-state index contributed by atoms with van der Waals surface area (Å²) in [6, 6.07) is -1.19. The maximum absolute atomic E-state index is 11.8. The van der Waals surface area contributed by atoms with Crippen molar-refractivity contribution in [3.05, 3.63) is 0 Å². The Morgan fingerprint density at radius 2 is 1.95 bits per heavy atom. The third-order valence-corrected chi connectivity index (χ3v) is 3.51. The molecule has 0 radical (unpaired) electrons. The number of ether oxygens (including phenoxy) is 1. The molecule has 1 aliphatic rings. The van der Waals surface area contributed by atoms with E-state index >= 15 is 0 Å². The fourth-order valence-corrected chi connectivity index (χ4v) is 2.29. The lowest BCUT2D eigenvalue weighted by Crippen LogP contribution is -2.50. The molecule has 2 amide bonds. The lowest BCUT2D eigenvalue weighted by atomic mass is 9.93. The lowest BCUT2D eigenvalue weighted by molar-refractivity contribution is -0.139. The summed E-state index contributed by atoms with van der Waals surface area (Å²) in [5, 5.41) is 14.3.